The van der Waals surface area contributed by atoms with Gasteiger partial charge < -0.3 is 10.5 Å². The highest BCUT2D eigenvalue weighted by Crippen LogP contribution is 2.28. The number of methoxy groups -OCH3 is 1. The Kier molecular flexibility index (Phi) is 5.22. The first kappa shape index (κ1) is 14.7. The quantitative estimate of drug-likeness (QED) is 0.828. The molecule has 3 atom stereocenters. The van der Waals surface area contributed by atoms with Crippen LogP contribution in [0, 0.1) is 5.92 Å². The minimum absolute atomic E-state index is 0.00238. The fraction of sp³-hybridized carbons (Fsp3) is 1.00. The Labute approximate surface area is 100 Å². The fourth-order valence-corrected chi connectivity index (χ4v) is 2.26. The largest absolute Gasteiger partial charge is 0.394 e. The molecule has 0 saturated carbocycles. The molecule has 1 saturated heterocycles. The van der Waals surface area contributed by atoms with Gasteiger partial charge in [0.25, 0.3) is 0 Å². The van der Waals surface area contributed by atoms with Gasteiger partial charge in [0.2, 0.25) is 0 Å². The first-order chi connectivity index (χ1) is 7.88. The van der Waals surface area contributed by atoms with Crippen LogP contribution in [-0.2, 0) is 4.74 Å². The highest BCUT2D eigenvalue weighted by Gasteiger charge is 2.40. The van der Waals surface area contributed by atoms with Crippen LogP contribution in [-0.4, -0.2) is 50.0 Å². The van der Waals surface area contributed by atoms with E-state index in [1.54, 1.807) is 7.11 Å². The normalized spacial score (nSPS) is 29.3. The van der Waals surface area contributed by atoms with Gasteiger partial charge in [-0.25, -0.2) is 0 Å². The molecule has 0 amide bonds. The maximum atomic E-state index is 12.6. The molecule has 0 bridgehead atoms. The molecule has 17 heavy (non-hydrogen) atoms. The minimum atomic E-state index is -4.20. The number of alkyl halides is 3. The van der Waals surface area contributed by atoms with Gasteiger partial charge in [0.15, 0.2) is 0 Å². The monoisotopic (exact) mass is 254 g/mol. The van der Waals surface area contributed by atoms with Crippen LogP contribution in [0.2, 0.25) is 0 Å². The van der Waals surface area contributed by atoms with Gasteiger partial charge in [0.1, 0.15) is 0 Å². The molecule has 0 aliphatic carbocycles. The summed E-state index contributed by atoms with van der Waals surface area (Å²) in [6, 6.07) is 0.116. The summed E-state index contributed by atoms with van der Waals surface area (Å²) in [5.41, 5.74) is 5.20. The molecule has 0 aromatic carbocycles. The zero-order valence-electron chi connectivity index (χ0n) is 10.3. The molecule has 0 aromatic rings. The average Bonchev–Trinajstić information content (AvgIpc) is 2.25. The Hall–Kier alpha value is -0.330. The van der Waals surface area contributed by atoms with Crippen molar-refractivity contribution in [2.75, 3.05) is 26.7 Å². The van der Waals surface area contributed by atoms with Crippen LogP contribution in [0.15, 0.2) is 0 Å². The third-order valence-electron chi connectivity index (χ3n) is 3.50. The van der Waals surface area contributed by atoms with Crippen molar-refractivity contribution >= 4 is 0 Å². The summed E-state index contributed by atoms with van der Waals surface area (Å²) in [6.07, 6.45) is -2.46. The Morgan fingerprint density at radius 1 is 1.47 bits per heavy atom. The third kappa shape index (κ3) is 4.12. The summed E-state index contributed by atoms with van der Waals surface area (Å²) in [4.78, 5) is 1.86. The molecule has 102 valence electrons. The van der Waals surface area contributed by atoms with E-state index >= 15 is 0 Å². The number of hydrogen-bond acceptors (Lipinski definition) is 3. The number of piperidine rings is 1. The number of likely N-dealkylation sites (tertiary alicyclic amines) is 1. The van der Waals surface area contributed by atoms with E-state index in [2.05, 4.69) is 0 Å². The lowest BCUT2D eigenvalue weighted by atomic mass is 9.98. The van der Waals surface area contributed by atoms with Crippen molar-refractivity contribution in [3.63, 3.8) is 0 Å². The number of nitrogens with zero attached hydrogens (tertiary/aromatic N) is 1. The summed E-state index contributed by atoms with van der Waals surface area (Å²) >= 11 is 0. The highest BCUT2D eigenvalue weighted by atomic mass is 19.4. The molecular weight excluding hydrogens is 233 g/mol. The first-order valence-corrected chi connectivity index (χ1v) is 5.92. The van der Waals surface area contributed by atoms with Crippen molar-refractivity contribution in [1.29, 1.82) is 0 Å². The number of hydrogen-bond donors (Lipinski definition) is 1. The van der Waals surface area contributed by atoms with Crippen LogP contribution >= 0.6 is 0 Å². The molecular formula is C11H21F3N2O. The maximum Gasteiger partial charge on any atom is 0.394 e. The summed E-state index contributed by atoms with van der Waals surface area (Å²) in [5, 5.41) is 0. The Balaban J connectivity index is 2.51. The fourth-order valence-electron chi connectivity index (χ4n) is 2.26. The van der Waals surface area contributed by atoms with Crippen molar-refractivity contribution in [1.82, 2.24) is 4.90 Å². The average molecular weight is 254 g/mol. The lowest BCUT2D eigenvalue weighted by Crippen LogP contribution is -2.49. The second-order valence-corrected chi connectivity index (χ2v) is 4.70. The van der Waals surface area contributed by atoms with Crippen LogP contribution in [0.4, 0.5) is 13.2 Å². The van der Waals surface area contributed by atoms with Crippen molar-refractivity contribution in [2.45, 2.75) is 38.1 Å². The van der Waals surface area contributed by atoms with Crippen LogP contribution in [0.3, 0.4) is 0 Å². The van der Waals surface area contributed by atoms with E-state index < -0.39 is 12.1 Å². The molecule has 0 radical (unpaired) electrons. The van der Waals surface area contributed by atoms with E-state index in [-0.39, 0.29) is 25.2 Å². The number of nitrogens with two attached hydrogens (primary N) is 1. The highest BCUT2D eigenvalue weighted by molar-refractivity contribution is 4.82. The Bertz CT molecular complexity index is 235. The van der Waals surface area contributed by atoms with Gasteiger partial charge in [-0.15, -0.1) is 0 Å². The predicted molar refractivity (Wildman–Crippen MR) is 59.7 cm³/mol. The van der Waals surface area contributed by atoms with Crippen molar-refractivity contribution in [3.8, 4) is 0 Å². The molecule has 0 aromatic heterocycles. The maximum absolute atomic E-state index is 12.6. The Morgan fingerprint density at radius 3 is 2.53 bits per heavy atom. The SMILES string of the molecule is COC1CCN(CC(CN)C(F)(F)F)C(C)C1. The lowest BCUT2D eigenvalue weighted by Gasteiger charge is -2.39. The number of rotatable bonds is 4. The molecule has 2 N–H and O–H groups in total. The summed E-state index contributed by atoms with van der Waals surface area (Å²) in [7, 11) is 1.64. The molecule has 1 heterocycles. The van der Waals surface area contributed by atoms with E-state index in [0.717, 1.165) is 12.8 Å². The van der Waals surface area contributed by atoms with Gasteiger partial charge in [-0.2, -0.15) is 13.2 Å². The summed E-state index contributed by atoms with van der Waals surface area (Å²) < 4.78 is 43.1. The van der Waals surface area contributed by atoms with E-state index in [1.807, 2.05) is 11.8 Å². The van der Waals surface area contributed by atoms with E-state index in [9.17, 15) is 13.2 Å². The van der Waals surface area contributed by atoms with Crippen molar-refractivity contribution < 1.29 is 17.9 Å². The third-order valence-corrected chi connectivity index (χ3v) is 3.50. The van der Waals surface area contributed by atoms with E-state index in [1.165, 1.54) is 0 Å². The topological polar surface area (TPSA) is 38.5 Å². The smallest absolute Gasteiger partial charge is 0.381 e. The predicted octanol–water partition coefficient (Wildman–Crippen LogP) is 1.62. The number of ether oxygens (including phenoxy) is 1. The molecule has 1 aliphatic heterocycles. The van der Waals surface area contributed by atoms with Crippen LogP contribution in [0.25, 0.3) is 0 Å². The standard InChI is InChI=1S/C11H21F3N2O/c1-8-5-10(17-2)3-4-16(8)7-9(6-15)11(12,13)14/h8-10H,3-7,15H2,1-2H3. The summed E-state index contributed by atoms with van der Waals surface area (Å²) in [5.74, 6) is -1.43. The van der Waals surface area contributed by atoms with Gasteiger partial charge in [0.05, 0.1) is 12.0 Å². The summed E-state index contributed by atoms with van der Waals surface area (Å²) in [6.45, 7) is 2.24. The zero-order chi connectivity index (χ0) is 13.1. The first-order valence-electron chi connectivity index (χ1n) is 5.92. The van der Waals surface area contributed by atoms with Crippen LogP contribution < -0.4 is 5.73 Å². The molecule has 3 nitrogen and oxygen atoms in total. The Morgan fingerprint density at radius 2 is 2.12 bits per heavy atom. The van der Waals surface area contributed by atoms with E-state index in [4.69, 9.17) is 10.5 Å². The molecule has 3 unspecified atom stereocenters. The molecule has 1 rings (SSSR count). The number of halogens is 3. The molecule has 0 spiro atoms. The van der Waals surface area contributed by atoms with Crippen LogP contribution in [0.5, 0.6) is 0 Å². The van der Waals surface area contributed by atoms with Gasteiger partial charge in [-0.3, -0.25) is 4.90 Å². The second kappa shape index (κ2) is 6.02. The van der Waals surface area contributed by atoms with E-state index in [0.29, 0.717) is 6.54 Å². The lowest BCUT2D eigenvalue weighted by molar-refractivity contribution is -0.179. The molecule has 1 fully saturated rings. The molecule has 1 aliphatic rings. The van der Waals surface area contributed by atoms with Gasteiger partial charge in [0, 0.05) is 32.8 Å². The molecule has 6 heteroatoms. The minimum Gasteiger partial charge on any atom is -0.381 e. The second-order valence-electron chi connectivity index (χ2n) is 4.70. The van der Waals surface area contributed by atoms with Gasteiger partial charge in [-0.1, -0.05) is 0 Å². The van der Waals surface area contributed by atoms with Crippen molar-refractivity contribution in [2.24, 2.45) is 11.7 Å². The van der Waals surface area contributed by atoms with Gasteiger partial charge >= 0.3 is 6.18 Å². The zero-order valence-corrected chi connectivity index (χ0v) is 10.3. The van der Waals surface area contributed by atoms with Crippen molar-refractivity contribution in [3.05, 3.63) is 0 Å². The van der Waals surface area contributed by atoms with Gasteiger partial charge in [-0.05, 0) is 19.8 Å². The van der Waals surface area contributed by atoms with Crippen LogP contribution in [0.1, 0.15) is 19.8 Å².